The van der Waals surface area contributed by atoms with Crippen LogP contribution in [0.2, 0.25) is 0 Å². The minimum Gasteiger partial charge on any atom is -0.353 e. The second-order valence-electron chi connectivity index (χ2n) is 4.85. The molecule has 98 valence electrons. The van der Waals surface area contributed by atoms with E-state index in [0.717, 1.165) is 37.6 Å². The second kappa shape index (κ2) is 5.36. The zero-order valence-electron chi connectivity index (χ0n) is 11.1. The first kappa shape index (κ1) is 12.1. The van der Waals surface area contributed by atoms with Crippen molar-refractivity contribution in [3.8, 4) is 11.1 Å². The summed E-state index contributed by atoms with van der Waals surface area (Å²) in [6, 6.07) is 10.5. The Balaban J connectivity index is 1.93. The molecule has 1 saturated heterocycles. The number of aryl methyl sites for hydroxylation is 1. The molecule has 0 aliphatic carbocycles. The minimum atomic E-state index is 0.974. The summed E-state index contributed by atoms with van der Waals surface area (Å²) in [4.78, 5) is 2.28. The lowest BCUT2D eigenvalue weighted by Gasteiger charge is -2.28. The average molecular weight is 254 g/mol. The molecule has 1 aliphatic rings. The number of nitrogens with one attached hydrogen (secondary N) is 1. The monoisotopic (exact) mass is 254 g/mol. The highest BCUT2D eigenvalue weighted by Gasteiger charge is 2.13. The van der Waals surface area contributed by atoms with E-state index in [1.165, 1.54) is 11.1 Å². The molecule has 1 aromatic heterocycles. The molecule has 1 aromatic carbocycles. The van der Waals surface area contributed by atoms with Gasteiger partial charge in [-0.2, -0.15) is 5.10 Å². The molecule has 4 nitrogen and oxygen atoms in total. The van der Waals surface area contributed by atoms with Crippen LogP contribution >= 0.6 is 0 Å². The zero-order chi connectivity index (χ0) is 13.1. The molecule has 0 saturated carbocycles. The SMILES string of the molecule is Cc1ccccc1-c1cnnc(N2CCNCC2)c1. The van der Waals surface area contributed by atoms with Crippen molar-refractivity contribution in [3.05, 3.63) is 42.1 Å². The van der Waals surface area contributed by atoms with Gasteiger partial charge in [-0.3, -0.25) is 0 Å². The Labute approximate surface area is 113 Å². The van der Waals surface area contributed by atoms with Gasteiger partial charge in [0, 0.05) is 31.7 Å². The first-order valence-electron chi connectivity index (χ1n) is 6.69. The quantitative estimate of drug-likeness (QED) is 0.888. The number of piperazine rings is 1. The van der Waals surface area contributed by atoms with E-state index in [2.05, 4.69) is 57.7 Å². The Morgan fingerprint density at radius 3 is 2.74 bits per heavy atom. The van der Waals surface area contributed by atoms with Gasteiger partial charge in [0.2, 0.25) is 0 Å². The van der Waals surface area contributed by atoms with E-state index < -0.39 is 0 Å². The molecule has 1 fully saturated rings. The topological polar surface area (TPSA) is 41.1 Å². The highest BCUT2D eigenvalue weighted by molar-refractivity contribution is 5.68. The van der Waals surface area contributed by atoms with Crippen molar-refractivity contribution in [1.82, 2.24) is 15.5 Å². The van der Waals surface area contributed by atoms with Gasteiger partial charge in [-0.15, -0.1) is 5.10 Å². The summed E-state index contributed by atoms with van der Waals surface area (Å²) in [6.07, 6.45) is 1.84. The van der Waals surface area contributed by atoms with E-state index in [4.69, 9.17) is 0 Å². The van der Waals surface area contributed by atoms with Crippen LogP contribution in [0, 0.1) is 6.92 Å². The fourth-order valence-corrected chi connectivity index (χ4v) is 2.45. The van der Waals surface area contributed by atoms with E-state index in [0.29, 0.717) is 0 Å². The van der Waals surface area contributed by atoms with E-state index in [1.807, 2.05) is 6.20 Å². The summed E-state index contributed by atoms with van der Waals surface area (Å²) in [5, 5.41) is 11.8. The average Bonchev–Trinajstić information content (AvgIpc) is 2.49. The van der Waals surface area contributed by atoms with Crippen molar-refractivity contribution in [2.45, 2.75) is 6.92 Å². The smallest absolute Gasteiger partial charge is 0.151 e. The third-order valence-corrected chi connectivity index (χ3v) is 3.54. The molecule has 0 radical (unpaired) electrons. The van der Waals surface area contributed by atoms with Gasteiger partial charge in [-0.05, 0) is 24.1 Å². The molecule has 0 spiro atoms. The van der Waals surface area contributed by atoms with Crippen LogP contribution in [0.3, 0.4) is 0 Å². The number of hydrogen-bond acceptors (Lipinski definition) is 4. The molecular weight excluding hydrogens is 236 g/mol. The van der Waals surface area contributed by atoms with Gasteiger partial charge in [0.05, 0.1) is 6.20 Å². The molecule has 1 N–H and O–H groups in total. The van der Waals surface area contributed by atoms with Gasteiger partial charge in [0.1, 0.15) is 0 Å². The van der Waals surface area contributed by atoms with E-state index >= 15 is 0 Å². The fraction of sp³-hybridized carbons (Fsp3) is 0.333. The number of aromatic nitrogens is 2. The van der Waals surface area contributed by atoms with Crippen molar-refractivity contribution >= 4 is 5.82 Å². The maximum absolute atomic E-state index is 4.27. The lowest BCUT2D eigenvalue weighted by atomic mass is 10.0. The van der Waals surface area contributed by atoms with Crippen LogP contribution in [0.1, 0.15) is 5.56 Å². The predicted octanol–water partition coefficient (Wildman–Crippen LogP) is 1.86. The zero-order valence-corrected chi connectivity index (χ0v) is 11.1. The van der Waals surface area contributed by atoms with Crippen LogP contribution in [-0.4, -0.2) is 36.4 Å². The summed E-state index contributed by atoms with van der Waals surface area (Å²) < 4.78 is 0. The number of benzene rings is 1. The standard InChI is InChI=1S/C15H18N4/c1-12-4-2-3-5-14(12)13-10-15(18-17-11-13)19-8-6-16-7-9-19/h2-5,10-11,16H,6-9H2,1H3. The summed E-state index contributed by atoms with van der Waals surface area (Å²) in [6.45, 7) is 6.13. The van der Waals surface area contributed by atoms with Crippen LogP contribution in [0.5, 0.6) is 0 Å². The summed E-state index contributed by atoms with van der Waals surface area (Å²) in [5.74, 6) is 0.974. The number of anilines is 1. The predicted molar refractivity (Wildman–Crippen MR) is 77.3 cm³/mol. The van der Waals surface area contributed by atoms with Gasteiger partial charge >= 0.3 is 0 Å². The normalized spacial score (nSPS) is 15.5. The molecule has 2 heterocycles. The number of nitrogens with zero attached hydrogens (tertiary/aromatic N) is 3. The van der Waals surface area contributed by atoms with Crippen LogP contribution < -0.4 is 10.2 Å². The molecule has 0 amide bonds. The maximum Gasteiger partial charge on any atom is 0.151 e. The van der Waals surface area contributed by atoms with Crippen molar-refractivity contribution in [2.75, 3.05) is 31.1 Å². The van der Waals surface area contributed by atoms with E-state index in [1.54, 1.807) is 0 Å². The summed E-state index contributed by atoms with van der Waals surface area (Å²) >= 11 is 0. The summed E-state index contributed by atoms with van der Waals surface area (Å²) in [7, 11) is 0. The Bertz CT molecular complexity index is 562. The van der Waals surface area contributed by atoms with Gasteiger partial charge in [0.15, 0.2) is 5.82 Å². The fourth-order valence-electron chi connectivity index (χ4n) is 2.45. The van der Waals surface area contributed by atoms with Crippen LogP contribution in [0.25, 0.3) is 11.1 Å². The molecular formula is C15H18N4. The Morgan fingerprint density at radius 1 is 1.16 bits per heavy atom. The lowest BCUT2D eigenvalue weighted by Crippen LogP contribution is -2.43. The lowest BCUT2D eigenvalue weighted by molar-refractivity contribution is 0.583. The molecule has 0 bridgehead atoms. The van der Waals surface area contributed by atoms with Gasteiger partial charge in [-0.1, -0.05) is 24.3 Å². The van der Waals surface area contributed by atoms with Gasteiger partial charge in [0.25, 0.3) is 0 Å². The molecule has 4 heteroatoms. The van der Waals surface area contributed by atoms with Gasteiger partial charge in [-0.25, -0.2) is 0 Å². The van der Waals surface area contributed by atoms with E-state index in [9.17, 15) is 0 Å². The number of hydrogen-bond donors (Lipinski definition) is 1. The molecule has 2 aromatic rings. The molecule has 0 unspecified atom stereocenters. The maximum atomic E-state index is 4.27. The highest BCUT2D eigenvalue weighted by Crippen LogP contribution is 2.24. The van der Waals surface area contributed by atoms with Crippen molar-refractivity contribution < 1.29 is 0 Å². The number of rotatable bonds is 2. The first-order chi connectivity index (χ1) is 9.34. The molecule has 19 heavy (non-hydrogen) atoms. The van der Waals surface area contributed by atoms with Crippen molar-refractivity contribution in [1.29, 1.82) is 0 Å². The molecule has 1 aliphatic heterocycles. The van der Waals surface area contributed by atoms with Crippen LogP contribution in [-0.2, 0) is 0 Å². The van der Waals surface area contributed by atoms with Crippen LogP contribution in [0.15, 0.2) is 36.5 Å². The Hall–Kier alpha value is -1.94. The minimum absolute atomic E-state index is 0.974. The van der Waals surface area contributed by atoms with Crippen LogP contribution in [0.4, 0.5) is 5.82 Å². The second-order valence-corrected chi connectivity index (χ2v) is 4.85. The van der Waals surface area contributed by atoms with E-state index in [-0.39, 0.29) is 0 Å². The largest absolute Gasteiger partial charge is 0.353 e. The summed E-state index contributed by atoms with van der Waals surface area (Å²) in [5.41, 5.74) is 3.64. The molecule has 0 atom stereocenters. The van der Waals surface area contributed by atoms with Crippen molar-refractivity contribution in [3.63, 3.8) is 0 Å². The first-order valence-corrected chi connectivity index (χ1v) is 6.69. The molecule has 3 rings (SSSR count). The van der Waals surface area contributed by atoms with Gasteiger partial charge < -0.3 is 10.2 Å². The third-order valence-electron chi connectivity index (χ3n) is 3.54. The Morgan fingerprint density at radius 2 is 1.95 bits per heavy atom. The highest BCUT2D eigenvalue weighted by atomic mass is 15.3. The van der Waals surface area contributed by atoms with Crippen molar-refractivity contribution in [2.24, 2.45) is 0 Å². The Kier molecular flexibility index (Phi) is 3.42. The third kappa shape index (κ3) is 2.58.